The number of benzene rings is 2. The molecule has 1 saturated heterocycles. The van der Waals surface area contributed by atoms with Gasteiger partial charge in [-0.25, -0.2) is 9.18 Å². The van der Waals surface area contributed by atoms with Crippen LogP contribution in [-0.4, -0.2) is 93.1 Å². The molecule has 5 rings (SSSR count). The number of fused-ring (bicyclic) bond motifs is 2. The Balaban J connectivity index is 1.31. The molecule has 0 saturated carbocycles. The zero-order valence-electron chi connectivity index (χ0n) is 26.5. The number of carbonyl (C=O) groups is 5. The topological polar surface area (TPSA) is 167 Å². The summed E-state index contributed by atoms with van der Waals surface area (Å²) in [7, 11) is 1.20. The molecule has 0 unspecified atom stereocenters. The lowest BCUT2D eigenvalue weighted by molar-refractivity contribution is -0.141. The maximum Gasteiger partial charge on any atom is 0.410 e. The monoisotopic (exact) mass is 649 g/mol. The summed E-state index contributed by atoms with van der Waals surface area (Å²) in [6.07, 6.45) is 3.44. The van der Waals surface area contributed by atoms with Gasteiger partial charge in [0.25, 0.3) is 5.91 Å². The van der Waals surface area contributed by atoms with E-state index >= 15 is 4.39 Å². The minimum absolute atomic E-state index is 0.216. The molecule has 248 valence electrons. The maximum absolute atomic E-state index is 15.5. The predicted molar refractivity (Wildman–Crippen MR) is 168 cm³/mol. The van der Waals surface area contributed by atoms with Crippen molar-refractivity contribution in [3.63, 3.8) is 0 Å². The Morgan fingerprint density at radius 2 is 1.66 bits per heavy atom. The highest BCUT2D eigenvalue weighted by Crippen LogP contribution is 2.34. The minimum Gasteiger partial charge on any atom is -0.468 e. The lowest BCUT2D eigenvalue weighted by Crippen LogP contribution is -2.43. The Kier molecular flexibility index (Phi) is 9.54. The van der Waals surface area contributed by atoms with Gasteiger partial charge < -0.3 is 25.0 Å². The number of nitrogens with zero attached hydrogens (tertiary/aromatic N) is 5. The number of hydrogen-bond acceptors (Lipinski definition) is 9. The van der Waals surface area contributed by atoms with Crippen LogP contribution >= 0.6 is 0 Å². The van der Waals surface area contributed by atoms with Gasteiger partial charge >= 0.3 is 12.1 Å². The standard InChI is InChI=1S/C32H36FN7O7/c1-32(2,3)47-31(45)38-10-8-19(9-11-38)30(44)40-26-13-22(24(33)12-20(26)14-37-40)21-6-5-7-25-23(21)15-36-39(25)18-28(42)34-16-27(41)35-17-29(43)46-4/h5-7,12-15,19H,8-11,16-18H2,1-4H3,(H,34,42)(H,35,41). The number of ether oxygens (including phenoxy) is 2. The van der Waals surface area contributed by atoms with Gasteiger partial charge in [-0.1, -0.05) is 12.1 Å². The largest absolute Gasteiger partial charge is 0.468 e. The molecule has 0 bridgehead atoms. The van der Waals surface area contributed by atoms with Crippen LogP contribution in [0.3, 0.4) is 0 Å². The van der Waals surface area contributed by atoms with Gasteiger partial charge in [0, 0.05) is 35.3 Å². The van der Waals surface area contributed by atoms with E-state index in [4.69, 9.17) is 4.74 Å². The Bertz CT molecular complexity index is 1850. The molecule has 47 heavy (non-hydrogen) atoms. The molecule has 0 aliphatic carbocycles. The smallest absolute Gasteiger partial charge is 0.410 e. The number of hydrogen-bond donors (Lipinski definition) is 2. The second kappa shape index (κ2) is 13.6. The number of piperidine rings is 1. The third-order valence-corrected chi connectivity index (χ3v) is 7.74. The van der Waals surface area contributed by atoms with Gasteiger partial charge in [-0.2, -0.15) is 14.9 Å². The SMILES string of the molecule is COC(=O)CNC(=O)CNC(=O)Cn1ncc2c(-c3cc4c(cnn4C(=O)C4CCN(C(=O)OC(C)(C)C)CC4)cc3F)cccc21. The number of rotatable bonds is 8. The van der Waals surface area contributed by atoms with Gasteiger partial charge in [-0.05, 0) is 57.4 Å². The first kappa shape index (κ1) is 33.0. The molecule has 1 fully saturated rings. The zero-order valence-corrected chi connectivity index (χ0v) is 26.5. The fourth-order valence-electron chi connectivity index (χ4n) is 5.38. The lowest BCUT2D eigenvalue weighted by atomic mass is 9.96. The van der Waals surface area contributed by atoms with Crippen LogP contribution in [-0.2, 0) is 30.4 Å². The Morgan fingerprint density at radius 1 is 0.936 bits per heavy atom. The molecule has 3 amide bonds. The summed E-state index contributed by atoms with van der Waals surface area (Å²) in [5, 5.41) is 14.4. The highest BCUT2D eigenvalue weighted by molar-refractivity contribution is 5.99. The number of aromatic nitrogens is 4. The van der Waals surface area contributed by atoms with Crippen molar-refractivity contribution in [3.05, 3.63) is 48.5 Å². The summed E-state index contributed by atoms with van der Waals surface area (Å²) in [5.74, 6) is -2.82. The first-order valence-electron chi connectivity index (χ1n) is 15.1. The molecule has 2 N–H and O–H groups in total. The maximum atomic E-state index is 15.5. The van der Waals surface area contributed by atoms with E-state index in [1.807, 2.05) is 0 Å². The lowest BCUT2D eigenvalue weighted by Gasteiger charge is -2.32. The van der Waals surface area contributed by atoms with Crippen LogP contribution in [0.2, 0.25) is 0 Å². The number of nitrogens with one attached hydrogen (secondary N) is 2. The summed E-state index contributed by atoms with van der Waals surface area (Å²) in [6.45, 7) is 5.27. The van der Waals surface area contributed by atoms with E-state index in [0.29, 0.717) is 53.3 Å². The van der Waals surface area contributed by atoms with E-state index in [2.05, 4.69) is 25.6 Å². The quantitative estimate of drug-likeness (QED) is 0.273. The van der Waals surface area contributed by atoms with E-state index in [9.17, 15) is 24.0 Å². The molecule has 2 aromatic carbocycles. The molecule has 0 spiro atoms. The Hall–Kier alpha value is -5.34. The molecule has 2 aromatic heterocycles. The van der Waals surface area contributed by atoms with Crippen molar-refractivity contribution in [1.82, 2.24) is 35.1 Å². The third kappa shape index (κ3) is 7.56. The van der Waals surface area contributed by atoms with Gasteiger partial charge in [0.05, 0.1) is 37.1 Å². The number of likely N-dealkylation sites (tertiary alicyclic amines) is 1. The summed E-state index contributed by atoms with van der Waals surface area (Å²) >= 11 is 0. The summed E-state index contributed by atoms with van der Waals surface area (Å²) < 4.78 is 28.2. The van der Waals surface area contributed by atoms with Crippen molar-refractivity contribution in [2.45, 2.75) is 45.8 Å². The van der Waals surface area contributed by atoms with Gasteiger partial charge in [0.1, 0.15) is 24.5 Å². The number of amides is 3. The normalized spacial score (nSPS) is 13.9. The van der Waals surface area contributed by atoms with Crippen LogP contribution in [0, 0.1) is 11.7 Å². The van der Waals surface area contributed by atoms with Crippen LogP contribution in [0.4, 0.5) is 9.18 Å². The van der Waals surface area contributed by atoms with E-state index < -0.39 is 35.3 Å². The number of methoxy groups -OCH3 is 1. The number of halogens is 1. The van der Waals surface area contributed by atoms with E-state index in [1.54, 1.807) is 49.9 Å². The van der Waals surface area contributed by atoms with Crippen molar-refractivity contribution in [3.8, 4) is 11.1 Å². The molecule has 0 atom stereocenters. The highest BCUT2D eigenvalue weighted by Gasteiger charge is 2.31. The number of esters is 1. The number of carbonyl (C=O) groups excluding carboxylic acids is 5. The fraction of sp³-hybridized carbons (Fsp3) is 0.406. The van der Waals surface area contributed by atoms with Crippen molar-refractivity contribution >= 4 is 51.6 Å². The van der Waals surface area contributed by atoms with E-state index in [1.165, 1.54) is 34.9 Å². The van der Waals surface area contributed by atoms with Gasteiger partial charge in [0.15, 0.2) is 0 Å². The molecule has 1 aliphatic rings. The third-order valence-electron chi connectivity index (χ3n) is 7.74. The van der Waals surface area contributed by atoms with Gasteiger partial charge in [0.2, 0.25) is 11.8 Å². The highest BCUT2D eigenvalue weighted by atomic mass is 19.1. The molecular formula is C32H36FN7O7. The molecular weight excluding hydrogens is 613 g/mol. The average Bonchev–Trinajstić information content (AvgIpc) is 3.64. The second-order valence-electron chi connectivity index (χ2n) is 12.2. The van der Waals surface area contributed by atoms with Crippen LogP contribution in [0.1, 0.15) is 38.4 Å². The predicted octanol–water partition coefficient (Wildman–Crippen LogP) is 2.88. The minimum atomic E-state index is -0.618. The van der Waals surface area contributed by atoms with Crippen molar-refractivity contribution in [2.75, 3.05) is 33.3 Å². The molecule has 14 nitrogen and oxygen atoms in total. The van der Waals surface area contributed by atoms with Gasteiger partial charge in [-0.15, -0.1) is 0 Å². The first-order chi connectivity index (χ1) is 22.3. The molecule has 3 heterocycles. The van der Waals surface area contributed by atoms with Crippen LogP contribution in [0.5, 0.6) is 0 Å². The summed E-state index contributed by atoms with van der Waals surface area (Å²) in [5.41, 5.74) is 1.10. The van der Waals surface area contributed by atoms with Crippen molar-refractivity contribution < 1.29 is 37.8 Å². The Morgan fingerprint density at radius 3 is 2.36 bits per heavy atom. The van der Waals surface area contributed by atoms with Crippen molar-refractivity contribution in [2.24, 2.45) is 5.92 Å². The van der Waals surface area contributed by atoms with Crippen LogP contribution < -0.4 is 10.6 Å². The van der Waals surface area contributed by atoms with Crippen molar-refractivity contribution in [1.29, 1.82) is 0 Å². The fourth-order valence-corrected chi connectivity index (χ4v) is 5.38. The molecule has 15 heteroatoms. The zero-order chi connectivity index (χ0) is 33.9. The molecule has 0 radical (unpaired) electrons. The summed E-state index contributed by atoms with van der Waals surface area (Å²) in [6, 6.07) is 8.07. The Labute approximate surface area is 269 Å². The molecule has 4 aromatic rings. The van der Waals surface area contributed by atoms with E-state index in [-0.39, 0.29) is 37.0 Å². The average molecular weight is 650 g/mol. The van der Waals surface area contributed by atoms with Gasteiger partial charge in [-0.3, -0.25) is 23.9 Å². The summed E-state index contributed by atoms with van der Waals surface area (Å²) in [4.78, 5) is 63.2. The first-order valence-corrected chi connectivity index (χ1v) is 15.1. The van der Waals surface area contributed by atoms with Crippen LogP contribution in [0.15, 0.2) is 42.7 Å². The van der Waals surface area contributed by atoms with Crippen LogP contribution in [0.25, 0.3) is 32.9 Å². The molecule has 1 aliphatic heterocycles. The van der Waals surface area contributed by atoms with E-state index in [0.717, 1.165) is 0 Å². The second-order valence-corrected chi connectivity index (χ2v) is 12.2.